The van der Waals surface area contributed by atoms with Crippen molar-refractivity contribution in [3.63, 3.8) is 0 Å². The zero-order valence-corrected chi connectivity index (χ0v) is 21.1. The Bertz CT molecular complexity index is 1410. The fourth-order valence-corrected chi connectivity index (χ4v) is 5.08. The van der Waals surface area contributed by atoms with E-state index in [9.17, 15) is 18.0 Å². The highest BCUT2D eigenvalue weighted by atomic mass is 32.2. The molecule has 2 N–H and O–H groups in total. The molecule has 0 saturated carbocycles. The van der Waals surface area contributed by atoms with E-state index in [1.54, 1.807) is 6.07 Å². The monoisotopic (exact) mass is 514 g/mol. The van der Waals surface area contributed by atoms with Crippen molar-refractivity contribution in [2.75, 3.05) is 32.6 Å². The topological polar surface area (TPSA) is 131 Å². The third-order valence-corrected chi connectivity index (χ3v) is 8.88. The number of sulfone groups is 1. The average Bonchev–Trinajstić information content (AvgIpc) is 2.88. The SMILES string of the molecule is CC(CCn1cnc2cc(-c3ccc(CN4CCOCC4)cc3)ccc2c1=O)(C(=O)NO)S(C)(=O)=O. The van der Waals surface area contributed by atoms with Crippen molar-refractivity contribution in [3.8, 4) is 11.1 Å². The number of rotatable bonds is 8. The van der Waals surface area contributed by atoms with E-state index in [2.05, 4.69) is 34.1 Å². The van der Waals surface area contributed by atoms with Gasteiger partial charge in [0.05, 0.1) is 30.4 Å². The molecule has 1 aliphatic rings. The summed E-state index contributed by atoms with van der Waals surface area (Å²) in [4.78, 5) is 31.8. The van der Waals surface area contributed by atoms with E-state index in [0.717, 1.165) is 50.2 Å². The van der Waals surface area contributed by atoms with Crippen LogP contribution in [0.2, 0.25) is 0 Å². The number of aryl methyl sites for hydroxylation is 1. The number of hydrogen-bond donors (Lipinski definition) is 2. The maximum atomic E-state index is 13.0. The van der Waals surface area contributed by atoms with Crippen molar-refractivity contribution in [1.82, 2.24) is 19.9 Å². The molecule has 36 heavy (non-hydrogen) atoms. The first kappa shape index (κ1) is 26.0. The van der Waals surface area contributed by atoms with Gasteiger partial charge in [-0.15, -0.1) is 0 Å². The predicted octanol–water partition coefficient (Wildman–Crippen LogP) is 1.59. The van der Waals surface area contributed by atoms with E-state index in [0.29, 0.717) is 10.9 Å². The molecule has 2 aromatic carbocycles. The first-order chi connectivity index (χ1) is 17.1. The minimum atomic E-state index is -3.87. The summed E-state index contributed by atoms with van der Waals surface area (Å²) in [6, 6.07) is 13.7. The highest BCUT2D eigenvalue weighted by Crippen LogP contribution is 2.24. The lowest BCUT2D eigenvalue weighted by Gasteiger charge is -2.26. The van der Waals surface area contributed by atoms with E-state index in [4.69, 9.17) is 9.94 Å². The van der Waals surface area contributed by atoms with Gasteiger partial charge in [-0.2, -0.15) is 0 Å². The minimum absolute atomic E-state index is 0.0644. The van der Waals surface area contributed by atoms with Gasteiger partial charge < -0.3 is 4.74 Å². The zero-order chi connectivity index (χ0) is 25.9. The summed E-state index contributed by atoms with van der Waals surface area (Å²) < 4.78 is 29.1. The molecule has 0 radical (unpaired) electrons. The highest BCUT2D eigenvalue weighted by Gasteiger charge is 2.43. The first-order valence-corrected chi connectivity index (χ1v) is 13.5. The molecule has 4 rings (SSSR count). The number of hydrogen-bond acceptors (Lipinski definition) is 8. The van der Waals surface area contributed by atoms with Gasteiger partial charge in [-0.05, 0) is 42.2 Å². The zero-order valence-electron chi connectivity index (χ0n) is 20.3. The number of fused-ring (bicyclic) bond motifs is 1. The summed E-state index contributed by atoms with van der Waals surface area (Å²) in [6.45, 7) is 5.41. The van der Waals surface area contributed by atoms with Crippen LogP contribution in [0.15, 0.2) is 53.6 Å². The summed E-state index contributed by atoms with van der Waals surface area (Å²) in [7, 11) is -3.87. The van der Waals surface area contributed by atoms with Gasteiger partial charge in [0.25, 0.3) is 11.5 Å². The summed E-state index contributed by atoms with van der Waals surface area (Å²) in [6.07, 6.45) is 2.06. The molecule has 1 fully saturated rings. The second kappa shape index (κ2) is 10.5. The number of carbonyl (C=O) groups excluding carboxylic acids is 1. The first-order valence-electron chi connectivity index (χ1n) is 11.6. The lowest BCUT2D eigenvalue weighted by Crippen LogP contribution is -2.50. The molecule has 1 unspecified atom stereocenters. The Balaban J connectivity index is 1.53. The van der Waals surface area contributed by atoms with Crippen LogP contribution in [-0.2, 0) is 32.5 Å². The number of carbonyl (C=O) groups is 1. The maximum Gasteiger partial charge on any atom is 0.264 e. The fraction of sp³-hybridized carbons (Fsp3) is 0.400. The molecule has 0 bridgehead atoms. The van der Waals surface area contributed by atoms with Gasteiger partial charge >= 0.3 is 0 Å². The van der Waals surface area contributed by atoms with Crippen molar-refractivity contribution in [2.45, 2.75) is 31.2 Å². The molecule has 0 spiro atoms. The van der Waals surface area contributed by atoms with E-state index in [1.807, 2.05) is 12.1 Å². The van der Waals surface area contributed by atoms with Gasteiger partial charge in [0.2, 0.25) is 0 Å². The Morgan fingerprint density at radius 1 is 1.14 bits per heavy atom. The number of ether oxygens (including phenoxy) is 1. The van der Waals surface area contributed by atoms with E-state index >= 15 is 0 Å². The Morgan fingerprint density at radius 2 is 1.81 bits per heavy atom. The number of amides is 1. The molecule has 192 valence electrons. The number of aromatic nitrogens is 2. The minimum Gasteiger partial charge on any atom is -0.379 e. The highest BCUT2D eigenvalue weighted by molar-refractivity contribution is 7.92. The molecular weight excluding hydrogens is 484 g/mol. The predicted molar refractivity (Wildman–Crippen MR) is 135 cm³/mol. The van der Waals surface area contributed by atoms with E-state index < -0.39 is 20.5 Å². The van der Waals surface area contributed by atoms with Crippen LogP contribution in [0, 0.1) is 0 Å². The second-order valence-corrected chi connectivity index (χ2v) is 11.7. The van der Waals surface area contributed by atoms with Crippen LogP contribution in [0.3, 0.4) is 0 Å². The van der Waals surface area contributed by atoms with Crippen molar-refractivity contribution < 1.29 is 23.2 Å². The molecule has 1 saturated heterocycles. The number of hydroxylamine groups is 1. The van der Waals surface area contributed by atoms with Crippen LogP contribution in [0.25, 0.3) is 22.0 Å². The average molecular weight is 515 g/mol. The second-order valence-electron chi connectivity index (χ2n) is 9.25. The number of nitrogens with one attached hydrogen (secondary N) is 1. The third kappa shape index (κ3) is 5.34. The van der Waals surface area contributed by atoms with Gasteiger partial charge in [0.1, 0.15) is 0 Å². The van der Waals surface area contributed by atoms with Crippen LogP contribution in [-0.4, -0.2) is 71.3 Å². The lowest BCUT2D eigenvalue weighted by molar-refractivity contribution is -0.131. The molecule has 1 aliphatic heterocycles. The standard InChI is InChI=1S/C25H30N4O6S/c1-25(24(31)27-32,36(2,33)34)9-10-29-17-26-22-15-20(7-8-21(22)23(29)30)19-5-3-18(4-6-19)16-28-11-13-35-14-12-28/h3-8,15,17,32H,9-14,16H2,1-2H3,(H,27,31). The van der Waals surface area contributed by atoms with Gasteiger partial charge in [-0.1, -0.05) is 30.3 Å². The fourth-order valence-electron chi connectivity index (χ4n) is 4.24. The Labute approximate surface area is 209 Å². The molecule has 2 heterocycles. The normalized spacial score (nSPS) is 16.5. The van der Waals surface area contributed by atoms with Gasteiger partial charge in [-0.3, -0.25) is 24.3 Å². The van der Waals surface area contributed by atoms with Crippen LogP contribution in [0.4, 0.5) is 0 Å². The van der Waals surface area contributed by atoms with Crippen LogP contribution in [0.1, 0.15) is 18.9 Å². The third-order valence-electron chi connectivity index (χ3n) is 6.85. The van der Waals surface area contributed by atoms with Crippen molar-refractivity contribution in [1.29, 1.82) is 0 Å². The summed E-state index contributed by atoms with van der Waals surface area (Å²) in [5.74, 6) is -1.05. The molecule has 11 heteroatoms. The van der Waals surface area contributed by atoms with Crippen LogP contribution in [0.5, 0.6) is 0 Å². The summed E-state index contributed by atoms with van der Waals surface area (Å²) in [5.41, 5.74) is 4.74. The Hall–Kier alpha value is -3.12. The Kier molecular flexibility index (Phi) is 7.55. The molecule has 1 aromatic heterocycles. The maximum absolute atomic E-state index is 13.0. The van der Waals surface area contributed by atoms with Crippen LogP contribution >= 0.6 is 0 Å². The molecule has 1 atom stereocenters. The van der Waals surface area contributed by atoms with E-state index in [-0.39, 0.29) is 18.5 Å². The lowest BCUT2D eigenvalue weighted by atomic mass is 10.0. The number of morpholine rings is 1. The molecule has 10 nitrogen and oxygen atoms in total. The Morgan fingerprint density at radius 3 is 2.44 bits per heavy atom. The van der Waals surface area contributed by atoms with Crippen molar-refractivity contribution in [3.05, 3.63) is 64.7 Å². The quantitative estimate of drug-likeness (QED) is 0.342. The van der Waals surface area contributed by atoms with Crippen LogP contribution < -0.4 is 11.0 Å². The molecule has 0 aliphatic carbocycles. The van der Waals surface area contributed by atoms with Gasteiger partial charge in [-0.25, -0.2) is 18.9 Å². The molecular formula is C25H30N4O6S. The van der Waals surface area contributed by atoms with Gasteiger partial charge in [0.15, 0.2) is 14.6 Å². The van der Waals surface area contributed by atoms with Crippen molar-refractivity contribution in [2.24, 2.45) is 0 Å². The van der Waals surface area contributed by atoms with E-state index in [1.165, 1.54) is 28.9 Å². The largest absolute Gasteiger partial charge is 0.379 e. The summed E-state index contributed by atoms with van der Waals surface area (Å²) >= 11 is 0. The molecule has 3 aromatic rings. The van der Waals surface area contributed by atoms with Gasteiger partial charge in [0, 0.05) is 32.4 Å². The van der Waals surface area contributed by atoms with Crippen molar-refractivity contribution >= 4 is 26.6 Å². The summed E-state index contributed by atoms with van der Waals surface area (Å²) in [5, 5.41) is 9.37. The number of benzene rings is 2. The smallest absolute Gasteiger partial charge is 0.264 e. The molecule has 1 amide bonds. The number of nitrogens with zero attached hydrogens (tertiary/aromatic N) is 3.